The Morgan fingerprint density at radius 2 is 1.76 bits per heavy atom. The fraction of sp³-hybridized carbons (Fsp3) is 0.379. The second-order valence-corrected chi connectivity index (χ2v) is 9.50. The third-order valence-corrected chi connectivity index (χ3v) is 6.70. The van der Waals surface area contributed by atoms with Crippen LogP contribution in [0.15, 0.2) is 72.8 Å². The Bertz CT molecular complexity index is 1270. The average molecular weight is 521 g/mol. The maximum Gasteiger partial charge on any atom is 0.217 e. The van der Waals surface area contributed by atoms with Crippen LogP contribution < -0.4 is 10.4 Å². The quantitative estimate of drug-likeness (QED) is 0.481. The van der Waals surface area contributed by atoms with E-state index in [1.165, 1.54) is 13.8 Å². The van der Waals surface area contributed by atoms with Crippen molar-refractivity contribution in [1.82, 2.24) is 5.32 Å². The van der Waals surface area contributed by atoms with Crippen LogP contribution in [0.3, 0.4) is 0 Å². The first-order chi connectivity index (χ1) is 18.4. The highest BCUT2D eigenvalue weighted by Gasteiger charge is 2.52. The van der Waals surface area contributed by atoms with Gasteiger partial charge in [0.05, 0.1) is 25.3 Å². The number of carbonyl (C=O) groups excluding carboxylic acids is 2. The van der Waals surface area contributed by atoms with E-state index in [-0.39, 0.29) is 19.1 Å². The molecule has 7 atom stereocenters. The highest BCUT2D eigenvalue weighted by atomic mass is 16.8. The third-order valence-electron chi connectivity index (χ3n) is 6.70. The zero-order valence-electron chi connectivity index (χ0n) is 21.1. The standard InChI is InChI=1S/C29H31NO8/c1-17(27(32)33)36-26-24(30-18(2)31)29(34-15-19-12-13-20-8-6-7-11-22(20)14-19)37-23-16-35-28(38-25(23)26)21-9-4-3-5-10-21/h3-14,17,23-26,28-29H,15-16H2,1-2H3,(H,30,31)(H,32,33)/p-1/t17-,23-,24-,25-,26+,28+,29+/m0/s1. The molecule has 3 aromatic carbocycles. The van der Waals surface area contributed by atoms with Crippen LogP contribution in [0.25, 0.3) is 10.8 Å². The van der Waals surface area contributed by atoms with E-state index in [1.807, 2.05) is 72.8 Å². The van der Waals surface area contributed by atoms with Gasteiger partial charge in [0, 0.05) is 12.5 Å². The summed E-state index contributed by atoms with van der Waals surface area (Å²) in [6.45, 7) is 3.10. The molecule has 9 nitrogen and oxygen atoms in total. The molecule has 2 fully saturated rings. The van der Waals surface area contributed by atoms with Gasteiger partial charge < -0.3 is 38.9 Å². The highest BCUT2D eigenvalue weighted by Crippen LogP contribution is 2.36. The molecule has 1 N–H and O–H groups in total. The molecule has 0 radical (unpaired) electrons. The van der Waals surface area contributed by atoms with Crippen LogP contribution in [-0.4, -0.2) is 55.2 Å². The van der Waals surface area contributed by atoms with Crippen molar-refractivity contribution in [2.75, 3.05) is 6.61 Å². The van der Waals surface area contributed by atoms with Crippen LogP contribution in [0.5, 0.6) is 0 Å². The lowest BCUT2D eigenvalue weighted by molar-refractivity contribution is -0.358. The van der Waals surface area contributed by atoms with Crippen molar-refractivity contribution < 1.29 is 38.4 Å². The van der Waals surface area contributed by atoms with Gasteiger partial charge >= 0.3 is 0 Å². The van der Waals surface area contributed by atoms with Crippen LogP contribution in [-0.2, 0) is 39.9 Å². The third kappa shape index (κ3) is 5.87. The van der Waals surface area contributed by atoms with Gasteiger partial charge in [-0.3, -0.25) is 4.79 Å². The number of carbonyl (C=O) groups is 2. The number of ether oxygens (including phenoxy) is 5. The number of rotatable bonds is 8. The Morgan fingerprint density at radius 3 is 2.50 bits per heavy atom. The van der Waals surface area contributed by atoms with Crippen LogP contribution in [0.2, 0.25) is 0 Å². The summed E-state index contributed by atoms with van der Waals surface area (Å²) < 4.78 is 30.5. The van der Waals surface area contributed by atoms with E-state index in [0.29, 0.717) is 0 Å². The van der Waals surface area contributed by atoms with Gasteiger partial charge in [0.25, 0.3) is 0 Å². The zero-order valence-corrected chi connectivity index (χ0v) is 21.1. The fourth-order valence-electron chi connectivity index (χ4n) is 4.84. The van der Waals surface area contributed by atoms with E-state index in [4.69, 9.17) is 23.7 Å². The Hall–Kier alpha value is -3.34. The molecule has 1 amide bonds. The summed E-state index contributed by atoms with van der Waals surface area (Å²) in [5.41, 5.74) is 1.71. The molecule has 5 rings (SSSR count). The van der Waals surface area contributed by atoms with E-state index in [1.54, 1.807) is 0 Å². The predicted molar refractivity (Wildman–Crippen MR) is 134 cm³/mol. The molecule has 0 aromatic heterocycles. The summed E-state index contributed by atoms with van der Waals surface area (Å²) in [6.07, 6.45) is -5.21. The maximum absolute atomic E-state index is 12.2. The van der Waals surface area contributed by atoms with Gasteiger partial charge in [-0.15, -0.1) is 0 Å². The Kier molecular flexibility index (Phi) is 8.01. The monoisotopic (exact) mass is 520 g/mol. The van der Waals surface area contributed by atoms with Crippen LogP contribution >= 0.6 is 0 Å². The molecule has 2 aliphatic heterocycles. The molecule has 9 heteroatoms. The average Bonchev–Trinajstić information content (AvgIpc) is 2.93. The highest BCUT2D eigenvalue weighted by molar-refractivity contribution is 5.82. The molecule has 3 aromatic rings. The molecule has 2 aliphatic rings. The number of carboxylic acid groups (broad SMARTS) is 1. The van der Waals surface area contributed by atoms with E-state index in [2.05, 4.69) is 5.32 Å². The number of hydrogen-bond acceptors (Lipinski definition) is 8. The lowest BCUT2D eigenvalue weighted by atomic mass is 9.95. The first kappa shape index (κ1) is 26.3. The number of amides is 1. The van der Waals surface area contributed by atoms with Gasteiger partial charge in [-0.2, -0.15) is 0 Å². The topological polar surface area (TPSA) is 115 Å². The van der Waals surface area contributed by atoms with Crippen molar-refractivity contribution in [2.45, 2.75) is 63.5 Å². The molecule has 0 spiro atoms. The van der Waals surface area contributed by atoms with Crippen LogP contribution in [0.1, 0.15) is 31.3 Å². The number of fused-ring (bicyclic) bond motifs is 2. The summed E-state index contributed by atoms with van der Waals surface area (Å²) in [5.74, 6) is -1.73. The summed E-state index contributed by atoms with van der Waals surface area (Å²) in [7, 11) is 0. The Morgan fingerprint density at radius 1 is 1.03 bits per heavy atom. The second kappa shape index (κ2) is 11.6. The van der Waals surface area contributed by atoms with E-state index in [9.17, 15) is 14.7 Å². The molecular formula is C29H30NO8-. The van der Waals surface area contributed by atoms with Gasteiger partial charge in [0.2, 0.25) is 5.91 Å². The largest absolute Gasteiger partial charge is 0.547 e. The molecule has 0 saturated carbocycles. The minimum Gasteiger partial charge on any atom is -0.547 e. The SMILES string of the molecule is CC(=O)N[C@@H]1[C@H](OCc2ccc3ccccc3c2)O[C@H]2CO[C@@H](c3ccccc3)O[C@@H]2[C@@H]1O[C@@H](C)C(=O)[O-]. The molecule has 0 bridgehead atoms. The van der Waals surface area contributed by atoms with Crippen molar-refractivity contribution in [3.8, 4) is 0 Å². The number of carboxylic acids is 1. The summed E-state index contributed by atoms with van der Waals surface area (Å²) in [6, 6.07) is 22.5. The number of aliphatic carboxylic acids is 1. The summed E-state index contributed by atoms with van der Waals surface area (Å²) in [5, 5.41) is 16.6. The molecular weight excluding hydrogens is 490 g/mol. The first-order valence-corrected chi connectivity index (χ1v) is 12.6. The lowest BCUT2D eigenvalue weighted by Crippen LogP contribution is -2.68. The van der Waals surface area contributed by atoms with E-state index >= 15 is 0 Å². The summed E-state index contributed by atoms with van der Waals surface area (Å²) in [4.78, 5) is 23.8. The zero-order chi connectivity index (χ0) is 26.6. The predicted octanol–water partition coefficient (Wildman–Crippen LogP) is 2.22. The minimum atomic E-state index is -1.38. The number of benzene rings is 3. The van der Waals surface area contributed by atoms with Gasteiger partial charge in [0.15, 0.2) is 12.6 Å². The second-order valence-electron chi connectivity index (χ2n) is 9.50. The normalized spacial score (nSPS) is 27.8. The minimum absolute atomic E-state index is 0.159. The smallest absolute Gasteiger partial charge is 0.217 e. The molecule has 2 heterocycles. The van der Waals surface area contributed by atoms with Crippen molar-refractivity contribution in [1.29, 1.82) is 0 Å². The molecule has 200 valence electrons. The Labute approximate surface area is 220 Å². The van der Waals surface area contributed by atoms with Gasteiger partial charge in [-0.05, 0) is 29.3 Å². The van der Waals surface area contributed by atoms with Gasteiger partial charge in [-0.25, -0.2) is 0 Å². The molecule has 2 saturated heterocycles. The van der Waals surface area contributed by atoms with Gasteiger partial charge in [0.1, 0.15) is 24.4 Å². The molecule has 38 heavy (non-hydrogen) atoms. The van der Waals surface area contributed by atoms with Crippen LogP contribution in [0.4, 0.5) is 0 Å². The summed E-state index contributed by atoms with van der Waals surface area (Å²) >= 11 is 0. The van der Waals surface area contributed by atoms with Gasteiger partial charge in [-0.1, -0.05) is 66.7 Å². The molecule has 0 aliphatic carbocycles. The van der Waals surface area contributed by atoms with Crippen LogP contribution in [0, 0.1) is 0 Å². The maximum atomic E-state index is 12.2. The first-order valence-electron chi connectivity index (χ1n) is 12.6. The fourth-order valence-corrected chi connectivity index (χ4v) is 4.84. The Balaban J connectivity index is 1.40. The lowest BCUT2D eigenvalue weighted by Gasteiger charge is -2.49. The number of nitrogens with one attached hydrogen (secondary N) is 1. The molecule has 0 unspecified atom stereocenters. The van der Waals surface area contributed by atoms with Crippen molar-refractivity contribution in [3.63, 3.8) is 0 Å². The van der Waals surface area contributed by atoms with Crippen molar-refractivity contribution in [3.05, 3.63) is 83.9 Å². The number of hydrogen-bond donors (Lipinski definition) is 1. The van der Waals surface area contributed by atoms with E-state index in [0.717, 1.165) is 21.9 Å². The van der Waals surface area contributed by atoms with E-state index < -0.39 is 49.0 Å². The van der Waals surface area contributed by atoms with Crippen molar-refractivity contribution in [2.24, 2.45) is 0 Å². The van der Waals surface area contributed by atoms with Crippen molar-refractivity contribution >= 4 is 22.6 Å².